The highest BCUT2D eigenvalue weighted by Gasteiger charge is 2.44. The van der Waals surface area contributed by atoms with Crippen LogP contribution >= 0.6 is 0 Å². The van der Waals surface area contributed by atoms with Crippen LogP contribution in [0.25, 0.3) is 0 Å². The molecule has 2 aromatic rings. The van der Waals surface area contributed by atoms with Gasteiger partial charge in [-0.25, -0.2) is 8.78 Å². The van der Waals surface area contributed by atoms with Crippen LogP contribution in [0, 0.1) is 11.6 Å². The third-order valence-corrected chi connectivity index (χ3v) is 6.90. The number of anilines is 1. The van der Waals surface area contributed by atoms with E-state index in [0.29, 0.717) is 50.3 Å². The maximum atomic E-state index is 14.5. The summed E-state index contributed by atoms with van der Waals surface area (Å²) < 4.78 is 33.3. The summed E-state index contributed by atoms with van der Waals surface area (Å²) in [4.78, 5) is 40.6. The number of halogens is 2. The standard InChI is InChI=1S/C26H28F2N2O4/c1-18(31)19-4-9-23(22(28)16-19)29-12-14-30(15-13-29)24(32)17-34-25(33)26(10-2-3-11-26)20-5-7-21(27)8-6-20/h4-9,16H,2-3,10-15,17H2,1H3. The molecule has 4 rings (SSSR count). The van der Waals surface area contributed by atoms with Gasteiger partial charge >= 0.3 is 5.97 Å². The molecule has 0 aromatic heterocycles. The first-order valence-electron chi connectivity index (χ1n) is 11.6. The zero-order valence-electron chi connectivity index (χ0n) is 19.2. The highest BCUT2D eigenvalue weighted by molar-refractivity contribution is 5.94. The zero-order valence-corrected chi connectivity index (χ0v) is 19.2. The second kappa shape index (κ2) is 9.91. The summed E-state index contributed by atoms with van der Waals surface area (Å²) in [6.07, 6.45) is 2.95. The topological polar surface area (TPSA) is 66.9 Å². The quantitative estimate of drug-likeness (QED) is 0.474. The summed E-state index contributed by atoms with van der Waals surface area (Å²) in [5, 5.41) is 0. The zero-order chi connectivity index (χ0) is 24.3. The summed E-state index contributed by atoms with van der Waals surface area (Å²) in [6.45, 7) is 2.62. The Kier molecular flexibility index (Phi) is 6.95. The molecule has 0 bridgehead atoms. The van der Waals surface area contributed by atoms with Crippen molar-refractivity contribution >= 4 is 23.3 Å². The highest BCUT2D eigenvalue weighted by Crippen LogP contribution is 2.42. The molecule has 180 valence electrons. The predicted octanol–water partition coefficient (Wildman–Crippen LogP) is 3.87. The Bertz CT molecular complexity index is 1070. The summed E-state index contributed by atoms with van der Waals surface area (Å²) in [5.74, 6) is -1.78. The lowest BCUT2D eigenvalue weighted by Gasteiger charge is -2.36. The molecule has 6 nitrogen and oxygen atoms in total. The van der Waals surface area contributed by atoms with Gasteiger partial charge in [0.05, 0.1) is 11.1 Å². The molecule has 1 aliphatic carbocycles. The van der Waals surface area contributed by atoms with E-state index in [0.717, 1.165) is 18.4 Å². The van der Waals surface area contributed by atoms with E-state index in [1.54, 1.807) is 29.2 Å². The Morgan fingerprint density at radius 2 is 1.59 bits per heavy atom. The summed E-state index contributed by atoms with van der Waals surface area (Å²) in [7, 11) is 0. The van der Waals surface area contributed by atoms with Gasteiger partial charge in [-0.3, -0.25) is 14.4 Å². The van der Waals surface area contributed by atoms with Gasteiger partial charge in [0, 0.05) is 31.7 Å². The van der Waals surface area contributed by atoms with E-state index >= 15 is 0 Å². The molecular formula is C26H28F2N2O4. The van der Waals surface area contributed by atoms with Crippen LogP contribution in [0.3, 0.4) is 0 Å². The summed E-state index contributed by atoms with van der Waals surface area (Å²) in [6, 6.07) is 10.3. The van der Waals surface area contributed by atoms with Crippen LogP contribution in [-0.2, 0) is 19.7 Å². The number of Topliss-reactive ketones (excluding diaryl/α,β-unsaturated/α-hetero) is 1. The molecule has 1 amide bonds. The van der Waals surface area contributed by atoms with E-state index < -0.39 is 17.2 Å². The number of ether oxygens (including phenoxy) is 1. The maximum absolute atomic E-state index is 14.5. The Balaban J connectivity index is 1.33. The van der Waals surface area contributed by atoms with Crippen molar-refractivity contribution in [2.45, 2.75) is 38.0 Å². The number of carbonyl (C=O) groups is 3. The average Bonchev–Trinajstić information content (AvgIpc) is 3.34. The molecule has 1 saturated heterocycles. The average molecular weight is 471 g/mol. The van der Waals surface area contributed by atoms with Crippen LogP contribution in [0.2, 0.25) is 0 Å². The van der Waals surface area contributed by atoms with Crippen molar-refractivity contribution in [3.8, 4) is 0 Å². The lowest BCUT2D eigenvalue weighted by atomic mass is 9.79. The van der Waals surface area contributed by atoms with Gasteiger partial charge in [0.25, 0.3) is 5.91 Å². The van der Waals surface area contributed by atoms with Crippen molar-refractivity contribution in [1.29, 1.82) is 0 Å². The van der Waals surface area contributed by atoms with E-state index in [1.807, 2.05) is 4.90 Å². The molecule has 2 fully saturated rings. The van der Waals surface area contributed by atoms with Crippen LogP contribution in [0.1, 0.15) is 48.5 Å². The minimum absolute atomic E-state index is 0.200. The molecule has 1 saturated carbocycles. The number of ketones is 1. The number of rotatable bonds is 6. The molecule has 0 atom stereocenters. The fourth-order valence-electron chi connectivity index (χ4n) is 4.89. The number of benzene rings is 2. The van der Waals surface area contributed by atoms with Crippen LogP contribution in [0.4, 0.5) is 14.5 Å². The molecule has 2 aliphatic rings. The Labute approximate surface area is 197 Å². The number of nitrogens with zero attached hydrogens (tertiary/aromatic N) is 2. The van der Waals surface area contributed by atoms with Crippen molar-refractivity contribution < 1.29 is 27.9 Å². The van der Waals surface area contributed by atoms with Crippen LogP contribution in [-0.4, -0.2) is 55.3 Å². The number of amides is 1. The number of carbonyl (C=O) groups excluding carboxylic acids is 3. The Morgan fingerprint density at radius 1 is 0.941 bits per heavy atom. The smallest absolute Gasteiger partial charge is 0.317 e. The second-order valence-electron chi connectivity index (χ2n) is 8.96. The van der Waals surface area contributed by atoms with Crippen molar-refractivity contribution in [1.82, 2.24) is 4.90 Å². The maximum Gasteiger partial charge on any atom is 0.317 e. The minimum atomic E-state index is -0.837. The Morgan fingerprint density at radius 3 is 2.18 bits per heavy atom. The fourth-order valence-corrected chi connectivity index (χ4v) is 4.89. The largest absolute Gasteiger partial charge is 0.455 e. The molecule has 34 heavy (non-hydrogen) atoms. The summed E-state index contributed by atoms with van der Waals surface area (Å²) in [5.41, 5.74) is 0.592. The van der Waals surface area contributed by atoms with E-state index in [-0.39, 0.29) is 24.1 Å². The SMILES string of the molecule is CC(=O)c1ccc(N2CCN(C(=O)COC(=O)C3(c4ccc(F)cc4)CCCC3)CC2)c(F)c1. The van der Waals surface area contributed by atoms with E-state index in [9.17, 15) is 23.2 Å². The van der Waals surface area contributed by atoms with Gasteiger partial charge < -0.3 is 14.5 Å². The van der Waals surface area contributed by atoms with Crippen molar-refractivity contribution in [2.75, 3.05) is 37.7 Å². The minimum Gasteiger partial charge on any atom is -0.455 e. The molecule has 0 N–H and O–H groups in total. The van der Waals surface area contributed by atoms with E-state index in [1.165, 1.54) is 25.1 Å². The molecule has 0 spiro atoms. The molecular weight excluding hydrogens is 442 g/mol. The number of esters is 1. The molecule has 1 heterocycles. The van der Waals surface area contributed by atoms with Gasteiger partial charge in [-0.05, 0) is 55.7 Å². The second-order valence-corrected chi connectivity index (χ2v) is 8.96. The third kappa shape index (κ3) is 4.81. The molecule has 0 unspecified atom stereocenters. The molecule has 1 aliphatic heterocycles. The number of hydrogen-bond acceptors (Lipinski definition) is 5. The van der Waals surface area contributed by atoms with Crippen LogP contribution < -0.4 is 4.90 Å². The van der Waals surface area contributed by atoms with Gasteiger partial charge in [0.2, 0.25) is 0 Å². The van der Waals surface area contributed by atoms with Gasteiger partial charge in [-0.15, -0.1) is 0 Å². The lowest BCUT2D eigenvalue weighted by molar-refractivity contribution is -0.157. The van der Waals surface area contributed by atoms with E-state index in [2.05, 4.69) is 0 Å². The first-order chi connectivity index (χ1) is 16.3. The summed E-state index contributed by atoms with van der Waals surface area (Å²) >= 11 is 0. The first kappa shape index (κ1) is 23.9. The van der Waals surface area contributed by atoms with E-state index in [4.69, 9.17) is 4.74 Å². The highest BCUT2D eigenvalue weighted by atomic mass is 19.1. The molecule has 2 aromatic carbocycles. The van der Waals surface area contributed by atoms with Gasteiger partial charge in [-0.1, -0.05) is 25.0 Å². The lowest BCUT2D eigenvalue weighted by Crippen LogP contribution is -2.50. The monoisotopic (exact) mass is 470 g/mol. The van der Waals surface area contributed by atoms with Crippen molar-refractivity contribution in [3.05, 3.63) is 65.2 Å². The Hall–Kier alpha value is -3.29. The number of hydrogen-bond donors (Lipinski definition) is 0. The fraction of sp³-hybridized carbons (Fsp3) is 0.423. The third-order valence-electron chi connectivity index (χ3n) is 6.90. The van der Waals surface area contributed by atoms with Crippen molar-refractivity contribution in [2.24, 2.45) is 0 Å². The first-order valence-corrected chi connectivity index (χ1v) is 11.6. The van der Waals surface area contributed by atoms with Gasteiger partial charge in [-0.2, -0.15) is 0 Å². The normalized spacial score (nSPS) is 17.5. The van der Waals surface area contributed by atoms with Gasteiger partial charge in [0.1, 0.15) is 11.6 Å². The van der Waals surface area contributed by atoms with Gasteiger partial charge in [0.15, 0.2) is 12.4 Å². The predicted molar refractivity (Wildman–Crippen MR) is 123 cm³/mol. The molecule has 0 radical (unpaired) electrons. The number of piperazine rings is 1. The van der Waals surface area contributed by atoms with Crippen LogP contribution in [0.15, 0.2) is 42.5 Å². The van der Waals surface area contributed by atoms with Crippen molar-refractivity contribution in [3.63, 3.8) is 0 Å². The van der Waals surface area contributed by atoms with Crippen LogP contribution in [0.5, 0.6) is 0 Å². The molecule has 8 heteroatoms.